The van der Waals surface area contributed by atoms with Crippen LogP contribution in [0.3, 0.4) is 0 Å². The Morgan fingerprint density at radius 1 is 1.36 bits per heavy atom. The summed E-state index contributed by atoms with van der Waals surface area (Å²) in [5.74, 6) is 1.75. The highest BCUT2D eigenvalue weighted by molar-refractivity contribution is 5.73. The summed E-state index contributed by atoms with van der Waals surface area (Å²) in [6.45, 7) is 7.44. The second-order valence-electron chi connectivity index (χ2n) is 5.91. The van der Waals surface area contributed by atoms with Gasteiger partial charge in [-0.05, 0) is 24.0 Å². The lowest BCUT2D eigenvalue weighted by molar-refractivity contribution is 0.185. The van der Waals surface area contributed by atoms with Gasteiger partial charge >= 0.3 is 6.03 Å². The van der Waals surface area contributed by atoms with Crippen molar-refractivity contribution in [3.63, 3.8) is 0 Å². The van der Waals surface area contributed by atoms with Gasteiger partial charge in [-0.15, -0.1) is 0 Å². The highest BCUT2D eigenvalue weighted by Crippen LogP contribution is 2.25. The lowest BCUT2D eigenvalue weighted by Gasteiger charge is -2.14. The molecule has 1 fully saturated rings. The van der Waals surface area contributed by atoms with Crippen molar-refractivity contribution in [3.8, 4) is 5.75 Å². The van der Waals surface area contributed by atoms with E-state index in [-0.39, 0.29) is 6.03 Å². The quantitative estimate of drug-likeness (QED) is 0.761. The van der Waals surface area contributed by atoms with Crippen LogP contribution >= 0.6 is 0 Å². The molecule has 2 N–H and O–H groups in total. The van der Waals surface area contributed by atoms with Crippen LogP contribution in [-0.2, 0) is 4.74 Å². The number of hydrogen-bond donors (Lipinski definition) is 2. The molecule has 1 aromatic carbocycles. The molecule has 1 atom stereocenters. The van der Waals surface area contributed by atoms with Gasteiger partial charge in [-0.3, -0.25) is 0 Å². The Morgan fingerprint density at radius 2 is 2.18 bits per heavy atom. The SMILES string of the molecule is CC(C)c1ccccc1OCCNC(=O)NC[C@H]1CCOC1. The molecular weight excluding hydrogens is 280 g/mol. The third-order valence-electron chi connectivity index (χ3n) is 3.76. The second kappa shape index (κ2) is 8.63. The van der Waals surface area contributed by atoms with Crippen molar-refractivity contribution in [3.05, 3.63) is 29.8 Å². The Labute approximate surface area is 132 Å². The average Bonchev–Trinajstić information content (AvgIpc) is 3.03. The van der Waals surface area contributed by atoms with Gasteiger partial charge in [0.05, 0.1) is 13.2 Å². The molecule has 1 heterocycles. The Hall–Kier alpha value is -1.75. The molecule has 0 bridgehead atoms. The number of ether oxygens (including phenoxy) is 2. The third kappa shape index (κ3) is 5.22. The minimum absolute atomic E-state index is 0.146. The first kappa shape index (κ1) is 16.6. The summed E-state index contributed by atoms with van der Waals surface area (Å²) in [7, 11) is 0. The highest BCUT2D eigenvalue weighted by Gasteiger charge is 2.16. The predicted molar refractivity (Wildman–Crippen MR) is 86.4 cm³/mol. The molecule has 0 aromatic heterocycles. The molecule has 5 heteroatoms. The van der Waals surface area contributed by atoms with Crippen LogP contribution in [0.25, 0.3) is 0 Å². The van der Waals surface area contributed by atoms with Gasteiger partial charge in [-0.25, -0.2) is 4.79 Å². The number of carbonyl (C=O) groups excluding carboxylic acids is 1. The lowest BCUT2D eigenvalue weighted by atomic mass is 10.0. The largest absolute Gasteiger partial charge is 0.491 e. The van der Waals surface area contributed by atoms with Crippen LogP contribution in [0.15, 0.2) is 24.3 Å². The predicted octanol–water partition coefficient (Wildman–Crippen LogP) is 2.52. The molecule has 122 valence electrons. The zero-order valence-corrected chi connectivity index (χ0v) is 13.4. The average molecular weight is 306 g/mol. The van der Waals surface area contributed by atoms with Gasteiger partial charge in [0.1, 0.15) is 12.4 Å². The summed E-state index contributed by atoms with van der Waals surface area (Å²) in [5.41, 5.74) is 1.19. The van der Waals surface area contributed by atoms with Crippen LogP contribution in [0.2, 0.25) is 0 Å². The normalized spacial score (nSPS) is 17.5. The second-order valence-corrected chi connectivity index (χ2v) is 5.91. The number of benzene rings is 1. The van der Waals surface area contributed by atoms with Crippen molar-refractivity contribution < 1.29 is 14.3 Å². The van der Waals surface area contributed by atoms with Crippen molar-refractivity contribution in [2.45, 2.75) is 26.2 Å². The Morgan fingerprint density at radius 3 is 2.91 bits per heavy atom. The third-order valence-corrected chi connectivity index (χ3v) is 3.76. The van der Waals surface area contributed by atoms with Crippen LogP contribution in [0.4, 0.5) is 4.79 Å². The fraction of sp³-hybridized carbons (Fsp3) is 0.588. The van der Waals surface area contributed by atoms with Gasteiger partial charge in [0.2, 0.25) is 0 Å². The molecule has 0 aliphatic carbocycles. The molecule has 1 aromatic rings. The smallest absolute Gasteiger partial charge is 0.314 e. The van der Waals surface area contributed by atoms with Gasteiger partial charge in [0.15, 0.2) is 0 Å². The summed E-state index contributed by atoms with van der Waals surface area (Å²) in [4.78, 5) is 11.7. The lowest BCUT2D eigenvalue weighted by Crippen LogP contribution is -2.40. The van der Waals surface area contributed by atoms with Crippen molar-refractivity contribution >= 4 is 6.03 Å². The van der Waals surface area contributed by atoms with Crippen LogP contribution < -0.4 is 15.4 Å². The number of para-hydroxylation sites is 1. The molecule has 1 saturated heterocycles. The number of rotatable bonds is 7. The molecule has 2 amide bonds. The first-order valence-electron chi connectivity index (χ1n) is 7.98. The monoisotopic (exact) mass is 306 g/mol. The van der Waals surface area contributed by atoms with E-state index in [1.165, 1.54) is 5.56 Å². The molecular formula is C17H26N2O3. The molecule has 0 radical (unpaired) electrons. The summed E-state index contributed by atoms with van der Waals surface area (Å²) in [5, 5.41) is 5.68. The number of amides is 2. The van der Waals surface area contributed by atoms with Gasteiger partial charge < -0.3 is 20.1 Å². The minimum Gasteiger partial charge on any atom is -0.491 e. The maximum absolute atomic E-state index is 11.7. The zero-order valence-electron chi connectivity index (χ0n) is 13.4. The van der Waals surface area contributed by atoms with Crippen LogP contribution in [-0.4, -0.2) is 38.9 Å². The van der Waals surface area contributed by atoms with Gasteiger partial charge in [-0.1, -0.05) is 32.0 Å². The Balaban J connectivity index is 1.63. The van der Waals surface area contributed by atoms with E-state index in [4.69, 9.17) is 9.47 Å². The van der Waals surface area contributed by atoms with Gasteiger partial charge in [0.25, 0.3) is 0 Å². The molecule has 1 aliphatic rings. The van der Waals surface area contributed by atoms with E-state index in [1.807, 2.05) is 18.2 Å². The fourth-order valence-electron chi connectivity index (χ4n) is 2.46. The molecule has 0 saturated carbocycles. The van der Waals surface area contributed by atoms with Crippen LogP contribution in [0.5, 0.6) is 5.75 Å². The van der Waals surface area contributed by atoms with E-state index in [0.29, 0.717) is 31.5 Å². The van der Waals surface area contributed by atoms with Crippen LogP contribution in [0, 0.1) is 5.92 Å². The maximum atomic E-state index is 11.7. The van der Waals surface area contributed by atoms with Crippen molar-refractivity contribution in [1.82, 2.24) is 10.6 Å². The summed E-state index contributed by atoms with van der Waals surface area (Å²) in [6.07, 6.45) is 1.02. The van der Waals surface area contributed by atoms with Crippen molar-refractivity contribution in [1.29, 1.82) is 0 Å². The molecule has 2 rings (SSSR count). The van der Waals surface area contributed by atoms with E-state index in [2.05, 4.69) is 30.5 Å². The minimum atomic E-state index is -0.146. The summed E-state index contributed by atoms with van der Waals surface area (Å²) in [6, 6.07) is 7.87. The number of urea groups is 1. The van der Waals surface area contributed by atoms with Gasteiger partial charge in [0, 0.05) is 19.1 Å². The topological polar surface area (TPSA) is 59.6 Å². The maximum Gasteiger partial charge on any atom is 0.314 e. The molecule has 5 nitrogen and oxygen atoms in total. The summed E-state index contributed by atoms with van der Waals surface area (Å²) < 4.78 is 11.0. The summed E-state index contributed by atoms with van der Waals surface area (Å²) >= 11 is 0. The Kier molecular flexibility index (Phi) is 6.52. The molecule has 0 spiro atoms. The molecule has 22 heavy (non-hydrogen) atoms. The van der Waals surface area contributed by atoms with Crippen molar-refractivity contribution in [2.24, 2.45) is 5.92 Å². The molecule has 0 unspecified atom stereocenters. The number of hydrogen-bond acceptors (Lipinski definition) is 3. The van der Waals surface area contributed by atoms with E-state index in [9.17, 15) is 4.79 Å². The highest BCUT2D eigenvalue weighted by atomic mass is 16.5. The van der Waals surface area contributed by atoms with E-state index >= 15 is 0 Å². The first-order valence-corrected chi connectivity index (χ1v) is 7.98. The standard InChI is InChI=1S/C17H26N2O3/c1-13(2)15-5-3-4-6-16(15)22-10-8-18-17(20)19-11-14-7-9-21-12-14/h3-6,13-14H,7-12H2,1-2H3,(H2,18,19,20)/t14-/m1/s1. The first-order chi connectivity index (χ1) is 10.7. The van der Waals surface area contributed by atoms with E-state index in [0.717, 1.165) is 25.4 Å². The Bertz CT molecular complexity index is 471. The van der Waals surface area contributed by atoms with Crippen LogP contribution in [0.1, 0.15) is 31.7 Å². The van der Waals surface area contributed by atoms with Crippen molar-refractivity contribution in [2.75, 3.05) is 32.9 Å². The van der Waals surface area contributed by atoms with Gasteiger partial charge in [-0.2, -0.15) is 0 Å². The van der Waals surface area contributed by atoms with E-state index in [1.54, 1.807) is 0 Å². The fourth-order valence-corrected chi connectivity index (χ4v) is 2.46. The molecule has 1 aliphatic heterocycles. The zero-order chi connectivity index (χ0) is 15.8. The van der Waals surface area contributed by atoms with E-state index < -0.39 is 0 Å². The number of carbonyl (C=O) groups is 1. The number of nitrogens with one attached hydrogen (secondary N) is 2.